The smallest absolute Gasteiger partial charge is 0.343 e. The second kappa shape index (κ2) is 9.44. The number of ether oxygens (including phenoxy) is 3. The fourth-order valence-electron chi connectivity index (χ4n) is 2.27. The van der Waals surface area contributed by atoms with Crippen LogP contribution in [0.2, 0.25) is 5.02 Å². The third-order valence-electron chi connectivity index (χ3n) is 3.53. The highest BCUT2D eigenvalue weighted by Gasteiger charge is 2.12. The highest BCUT2D eigenvalue weighted by atomic mass is 79.9. The number of para-hydroxylation sites is 1. The van der Waals surface area contributed by atoms with Crippen molar-refractivity contribution in [2.75, 3.05) is 13.2 Å². The average molecular weight is 448 g/mol. The monoisotopic (exact) mass is 446 g/mol. The van der Waals surface area contributed by atoms with Crippen LogP contribution < -0.4 is 14.2 Å². The zero-order valence-corrected chi connectivity index (χ0v) is 16.6. The van der Waals surface area contributed by atoms with Crippen molar-refractivity contribution in [3.63, 3.8) is 0 Å². The zero-order valence-electron chi connectivity index (χ0n) is 14.2. The Kier molecular flexibility index (Phi) is 6.74. The van der Waals surface area contributed by atoms with E-state index in [0.717, 1.165) is 10.2 Å². The molecule has 4 nitrogen and oxygen atoms in total. The molecular weight excluding hydrogens is 432 g/mol. The maximum Gasteiger partial charge on any atom is 0.343 e. The van der Waals surface area contributed by atoms with E-state index in [1.807, 2.05) is 30.3 Å². The van der Waals surface area contributed by atoms with Crippen LogP contribution in [0.4, 0.5) is 0 Å². The minimum Gasteiger partial charge on any atom is -0.490 e. The molecule has 3 rings (SSSR count). The molecule has 0 unspecified atom stereocenters. The Morgan fingerprint density at radius 1 is 0.852 bits per heavy atom. The van der Waals surface area contributed by atoms with Gasteiger partial charge in [-0.2, -0.15) is 0 Å². The first-order valence-corrected chi connectivity index (χ1v) is 9.37. The van der Waals surface area contributed by atoms with Crippen LogP contribution in [0.1, 0.15) is 10.4 Å². The number of carbonyl (C=O) groups is 1. The summed E-state index contributed by atoms with van der Waals surface area (Å²) in [7, 11) is 0. The van der Waals surface area contributed by atoms with Crippen molar-refractivity contribution in [2.24, 2.45) is 0 Å². The maximum atomic E-state index is 12.3. The molecule has 0 aliphatic rings. The summed E-state index contributed by atoms with van der Waals surface area (Å²) >= 11 is 9.39. The summed E-state index contributed by atoms with van der Waals surface area (Å²) in [6.45, 7) is 0.749. The van der Waals surface area contributed by atoms with Crippen LogP contribution >= 0.6 is 27.5 Å². The molecule has 0 aliphatic carbocycles. The van der Waals surface area contributed by atoms with Gasteiger partial charge in [-0.1, -0.05) is 51.8 Å². The predicted molar refractivity (Wildman–Crippen MR) is 108 cm³/mol. The first kappa shape index (κ1) is 19.3. The molecule has 0 heterocycles. The van der Waals surface area contributed by atoms with Gasteiger partial charge in [0.05, 0.1) is 10.6 Å². The number of benzene rings is 3. The van der Waals surface area contributed by atoms with E-state index in [9.17, 15) is 4.79 Å². The fraction of sp³-hybridized carbons (Fsp3) is 0.0952. The van der Waals surface area contributed by atoms with E-state index in [-0.39, 0.29) is 0 Å². The van der Waals surface area contributed by atoms with Gasteiger partial charge in [0.25, 0.3) is 0 Å². The van der Waals surface area contributed by atoms with E-state index >= 15 is 0 Å². The molecule has 0 N–H and O–H groups in total. The molecule has 0 atom stereocenters. The number of hydrogen-bond acceptors (Lipinski definition) is 4. The minimum atomic E-state index is -0.509. The molecule has 6 heteroatoms. The van der Waals surface area contributed by atoms with Gasteiger partial charge >= 0.3 is 5.97 Å². The van der Waals surface area contributed by atoms with Crippen molar-refractivity contribution in [2.45, 2.75) is 0 Å². The highest BCUT2D eigenvalue weighted by molar-refractivity contribution is 9.10. The van der Waals surface area contributed by atoms with Crippen LogP contribution in [-0.2, 0) is 0 Å². The molecule has 0 radical (unpaired) electrons. The van der Waals surface area contributed by atoms with Crippen LogP contribution in [0.5, 0.6) is 17.2 Å². The molecule has 0 saturated carbocycles. The summed E-state index contributed by atoms with van der Waals surface area (Å²) in [5.74, 6) is 1.13. The number of rotatable bonds is 7. The van der Waals surface area contributed by atoms with E-state index in [2.05, 4.69) is 15.9 Å². The lowest BCUT2D eigenvalue weighted by atomic mass is 10.2. The summed E-state index contributed by atoms with van der Waals surface area (Å²) in [5, 5.41) is 0.350. The van der Waals surface area contributed by atoms with Crippen molar-refractivity contribution >= 4 is 33.5 Å². The standard InChI is InChI=1S/C21H16BrClO4/c22-16-9-10-20(19(23)14-16)27-21(24)15-5-4-8-18(13-15)26-12-11-25-17-6-2-1-3-7-17/h1-10,13-14H,11-12H2. The van der Waals surface area contributed by atoms with Crippen molar-refractivity contribution in [3.05, 3.63) is 87.9 Å². The largest absolute Gasteiger partial charge is 0.490 e. The van der Waals surface area contributed by atoms with Crippen molar-refractivity contribution in [1.82, 2.24) is 0 Å². The van der Waals surface area contributed by atoms with E-state index in [1.54, 1.807) is 42.5 Å². The molecule has 138 valence electrons. The lowest BCUT2D eigenvalue weighted by Gasteiger charge is -2.10. The van der Waals surface area contributed by atoms with Gasteiger partial charge in [0.1, 0.15) is 30.5 Å². The summed E-state index contributed by atoms with van der Waals surface area (Å²) in [6.07, 6.45) is 0. The van der Waals surface area contributed by atoms with Crippen LogP contribution in [-0.4, -0.2) is 19.2 Å². The summed E-state index contributed by atoms with van der Waals surface area (Å²) in [4.78, 5) is 12.3. The molecule has 0 bridgehead atoms. The van der Waals surface area contributed by atoms with Crippen molar-refractivity contribution in [1.29, 1.82) is 0 Å². The van der Waals surface area contributed by atoms with Gasteiger partial charge in [0, 0.05) is 4.47 Å². The quantitative estimate of drug-likeness (QED) is 0.262. The van der Waals surface area contributed by atoms with Crippen LogP contribution in [0, 0.1) is 0 Å². The third kappa shape index (κ3) is 5.74. The topological polar surface area (TPSA) is 44.8 Å². The average Bonchev–Trinajstić information content (AvgIpc) is 2.68. The Morgan fingerprint density at radius 3 is 2.30 bits per heavy atom. The zero-order chi connectivity index (χ0) is 19.1. The van der Waals surface area contributed by atoms with Crippen molar-refractivity contribution in [3.8, 4) is 17.2 Å². The number of halogens is 2. The second-order valence-corrected chi connectivity index (χ2v) is 6.82. The highest BCUT2D eigenvalue weighted by Crippen LogP contribution is 2.28. The van der Waals surface area contributed by atoms with E-state index in [0.29, 0.717) is 35.3 Å². The normalized spacial score (nSPS) is 10.3. The van der Waals surface area contributed by atoms with Crippen LogP contribution in [0.25, 0.3) is 0 Å². The molecule has 0 spiro atoms. The van der Waals surface area contributed by atoms with Gasteiger partial charge in [0.15, 0.2) is 0 Å². The second-order valence-electron chi connectivity index (χ2n) is 5.50. The Hall–Kier alpha value is -2.50. The van der Waals surface area contributed by atoms with Crippen LogP contribution in [0.3, 0.4) is 0 Å². The van der Waals surface area contributed by atoms with Gasteiger partial charge in [-0.05, 0) is 48.5 Å². The van der Waals surface area contributed by atoms with Crippen molar-refractivity contribution < 1.29 is 19.0 Å². The third-order valence-corrected chi connectivity index (χ3v) is 4.32. The molecular formula is C21H16BrClO4. The number of esters is 1. The van der Waals surface area contributed by atoms with E-state index < -0.39 is 5.97 Å². The number of carbonyl (C=O) groups excluding carboxylic acids is 1. The molecule has 3 aromatic carbocycles. The van der Waals surface area contributed by atoms with Gasteiger partial charge < -0.3 is 14.2 Å². The SMILES string of the molecule is O=C(Oc1ccc(Br)cc1Cl)c1cccc(OCCOc2ccccc2)c1. The molecule has 0 aliphatic heterocycles. The lowest BCUT2D eigenvalue weighted by molar-refractivity contribution is 0.0734. The van der Waals surface area contributed by atoms with Gasteiger partial charge in [0.2, 0.25) is 0 Å². The lowest BCUT2D eigenvalue weighted by Crippen LogP contribution is -2.11. The fourth-order valence-corrected chi connectivity index (χ4v) is 2.98. The Balaban J connectivity index is 1.55. The summed E-state index contributed by atoms with van der Waals surface area (Å²) in [5.41, 5.74) is 0.371. The predicted octanol–water partition coefficient (Wildman–Crippen LogP) is 5.78. The molecule has 27 heavy (non-hydrogen) atoms. The maximum absolute atomic E-state index is 12.3. The van der Waals surface area contributed by atoms with Crippen LogP contribution in [0.15, 0.2) is 77.3 Å². The molecule has 0 amide bonds. The van der Waals surface area contributed by atoms with E-state index in [1.165, 1.54) is 0 Å². The van der Waals surface area contributed by atoms with Gasteiger partial charge in [-0.15, -0.1) is 0 Å². The first-order valence-electron chi connectivity index (χ1n) is 8.20. The minimum absolute atomic E-state index is 0.299. The van der Waals surface area contributed by atoms with E-state index in [4.69, 9.17) is 25.8 Å². The first-order chi connectivity index (χ1) is 13.1. The Bertz CT molecular complexity index is 915. The van der Waals surface area contributed by atoms with Gasteiger partial charge in [-0.3, -0.25) is 0 Å². The van der Waals surface area contributed by atoms with Gasteiger partial charge in [-0.25, -0.2) is 4.79 Å². The molecule has 3 aromatic rings. The molecule has 0 aromatic heterocycles. The Labute approximate surface area is 170 Å². The number of hydrogen-bond donors (Lipinski definition) is 0. The molecule has 0 fully saturated rings. The molecule has 0 saturated heterocycles. The Morgan fingerprint density at radius 2 is 1.56 bits per heavy atom. The summed E-state index contributed by atoms with van der Waals surface area (Å²) in [6, 6.07) is 21.3. The summed E-state index contributed by atoms with van der Waals surface area (Å²) < 4.78 is 17.4.